The maximum atomic E-state index is 12.7. The number of aromatic nitrogens is 1. The molecule has 5 heteroatoms. The maximum absolute atomic E-state index is 12.7. The molecule has 1 atom stereocenters. The number of rotatable bonds is 7. The number of anilines is 1. The average Bonchev–Trinajstić information content (AvgIpc) is 2.63. The second-order valence-corrected chi connectivity index (χ2v) is 5.89. The lowest BCUT2D eigenvalue weighted by atomic mass is 10.0. The highest BCUT2D eigenvalue weighted by atomic mass is 16.2. The summed E-state index contributed by atoms with van der Waals surface area (Å²) in [5.74, 6) is 0. The number of carbonyl (C=O) groups is 1. The van der Waals surface area contributed by atoms with Gasteiger partial charge in [-0.1, -0.05) is 38.0 Å². The molecule has 0 saturated heterocycles. The summed E-state index contributed by atoms with van der Waals surface area (Å²) in [6, 6.07) is 11.4. The number of nitrogens with one attached hydrogen (secondary N) is 1. The van der Waals surface area contributed by atoms with E-state index in [1.807, 2.05) is 49.6 Å². The number of hydrogen-bond donors (Lipinski definition) is 2. The van der Waals surface area contributed by atoms with Crippen LogP contribution < -0.4 is 11.1 Å². The largest absolute Gasteiger partial charge is 0.326 e. The summed E-state index contributed by atoms with van der Waals surface area (Å²) in [4.78, 5) is 18.6. The Morgan fingerprint density at radius 1 is 1.33 bits per heavy atom. The number of urea groups is 1. The van der Waals surface area contributed by atoms with Crippen LogP contribution in [-0.2, 0) is 6.54 Å². The van der Waals surface area contributed by atoms with E-state index in [1.165, 1.54) is 0 Å². The third-order valence-electron chi connectivity index (χ3n) is 4.10. The van der Waals surface area contributed by atoms with Crippen LogP contribution in [0.5, 0.6) is 0 Å². The van der Waals surface area contributed by atoms with Crippen molar-refractivity contribution >= 4 is 11.7 Å². The van der Waals surface area contributed by atoms with Gasteiger partial charge in [-0.15, -0.1) is 0 Å². The molecule has 2 amide bonds. The predicted octanol–water partition coefficient (Wildman–Crippen LogP) is 3.94. The Morgan fingerprint density at radius 2 is 2.17 bits per heavy atom. The average molecular weight is 326 g/mol. The smallest absolute Gasteiger partial charge is 0.322 e. The summed E-state index contributed by atoms with van der Waals surface area (Å²) >= 11 is 0. The number of amides is 2. The van der Waals surface area contributed by atoms with Crippen LogP contribution in [0.25, 0.3) is 0 Å². The first-order chi connectivity index (χ1) is 11.7. The highest BCUT2D eigenvalue weighted by Gasteiger charge is 2.21. The van der Waals surface area contributed by atoms with Crippen molar-refractivity contribution in [2.24, 2.45) is 5.73 Å². The first-order valence-electron chi connectivity index (χ1n) is 8.38. The lowest BCUT2D eigenvalue weighted by molar-refractivity contribution is 0.200. The molecule has 24 heavy (non-hydrogen) atoms. The fraction of sp³-hybridized carbons (Fsp3) is 0.368. The van der Waals surface area contributed by atoms with Crippen LogP contribution in [0.1, 0.15) is 43.4 Å². The zero-order valence-electron chi connectivity index (χ0n) is 14.4. The zero-order chi connectivity index (χ0) is 17.4. The predicted molar refractivity (Wildman–Crippen MR) is 97.6 cm³/mol. The van der Waals surface area contributed by atoms with Crippen LogP contribution in [0.4, 0.5) is 10.5 Å². The lowest BCUT2D eigenvalue weighted by Gasteiger charge is -2.28. The number of unbranched alkanes of at least 4 members (excludes halogenated alkanes) is 1. The number of nitrogens with zero attached hydrogens (tertiary/aromatic N) is 2. The first-order valence-corrected chi connectivity index (χ1v) is 8.38. The van der Waals surface area contributed by atoms with Gasteiger partial charge in [0, 0.05) is 31.7 Å². The van der Waals surface area contributed by atoms with Gasteiger partial charge >= 0.3 is 6.03 Å². The quantitative estimate of drug-likeness (QED) is 0.809. The number of pyridine rings is 1. The molecule has 0 fully saturated rings. The summed E-state index contributed by atoms with van der Waals surface area (Å²) in [7, 11) is 1.83. The molecule has 2 rings (SSSR count). The van der Waals surface area contributed by atoms with Crippen LogP contribution in [0.2, 0.25) is 0 Å². The topological polar surface area (TPSA) is 71.2 Å². The summed E-state index contributed by atoms with van der Waals surface area (Å²) in [6.07, 6.45) is 6.64. The third-order valence-corrected chi connectivity index (χ3v) is 4.10. The van der Waals surface area contributed by atoms with Crippen molar-refractivity contribution in [3.8, 4) is 0 Å². The fourth-order valence-corrected chi connectivity index (χ4v) is 2.68. The standard InChI is InChI=1S/C19H26N4O/c1-3-4-10-18(16-8-6-11-21-14-16)23(2)19(24)22-17-9-5-7-15(12-17)13-20/h5-9,11-12,14,18H,3-4,10,13,20H2,1-2H3,(H,22,24)/t18-/m0/s1. The molecule has 0 aliphatic carbocycles. The van der Waals surface area contributed by atoms with E-state index in [0.29, 0.717) is 6.54 Å². The van der Waals surface area contributed by atoms with Crippen molar-refractivity contribution in [2.75, 3.05) is 12.4 Å². The van der Waals surface area contributed by atoms with Gasteiger partial charge in [-0.3, -0.25) is 4.98 Å². The normalized spacial score (nSPS) is 11.8. The van der Waals surface area contributed by atoms with Gasteiger partial charge in [0.25, 0.3) is 0 Å². The summed E-state index contributed by atoms with van der Waals surface area (Å²) in [5, 5.41) is 2.95. The number of carbonyl (C=O) groups excluding carboxylic acids is 1. The third kappa shape index (κ3) is 4.80. The molecule has 1 heterocycles. The van der Waals surface area contributed by atoms with E-state index < -0.39 is 0 Å². The molecule has 5 nitrogen and oxygen atoms in total. The van der Waals surface area contributed by atoms with Crippen molar-refractivity contribution < 1.29 is 4.79 Å². The molecule has 0 bridgehead atoms. The highest BCUT2D eigenvalue weighted by Crippen LogP contribution is 2.25. The number of hydrogen-bond acceptors (Lipinski definition) is 3. The van der Waals surface area contributed by atoms with Gasteiger partial charge in [-0.05, 0) is 35.7 Å². The van der Waals surface area contributed by atoms with Crippen molar-refractivity contribution in [2.45, 2.75) is 38.8 Å². The Labute approximate surface area is 143 Å². The SMILES string of the molecule is CCCC[C@@H](c1cccnc1)N(C)C(=O)Nc1cccc(CN)c1. The molecule has 0 unspecified atom stereocenters. The van der Waals surface area contributed by atoms with Crippen LogP contribution in [0, 0.1) is 0 Å². The Bertz CT molecular complexity index is 645. The Morgan fingerprint density at radius 3 is 2.83 bits per heavy atom. The van der Waals surface area contributed by atoms with E-state index in [2.05, 4.69) is 17.2 Å². The van der Waals surface area contributed by atoms with E-state index in [1.54, 1.807) is 11.1 Å². The minimum atomic E-state index is -0.130. The summed E-state index contributed by atoms with van der Waals surface area (Å²) in [5.41, 5.74) is 8.46. The van der Waals surface area contributed by atoms with Crippen molar-refractivity contribution in [3.05, 3.63) is 59.9 Å². The number of benzene rings is 1. The Kier molecular flexibility index (Phi) is 6.75. The zero-order valence-corrected chi connectivity index (χ0v) is 14.4. The molecule has 2 aromatic rings. The van der Waals surface area contributed by atoms with Gasteiger partial charge < -0.3 is 16.0 Å². The Balaban J connectivity index is 2.12. The fourth-order valence-electron chi connectivity index (χ4n) is 2.68. The van der Waals surface area contributed by atoms with Crippen LogP contribution in [0.3, 0.4) is 0 Å². The van der Waals surface area contributed by atoms with Crippen LogP contribution in [-0.4, -0.2) is 23.0 Å². The van der Waals surface area contributed by atoms with Gasteiger partial charge in [0.2, 0.25) is 0 Å². The van der Waals surface area contributed by atoms with Gasteiger partial charge in [0.1, 0.15) is 0 Å². The van der Waals surface area contributed by atoms with Gasteiger partial charge in [0.05, 0.1) is 6.04 Å². The molecule has 0 saturated carbocycles. The molecule has 1 aromatic carbocycles. The minimum Gasteiger partial charge on any atom is -0.326 e. The molecule has 0 aliphatic rings. The van der Waals surface area contributed by atoms with Gasteiger partial charge in [0.15, 0.2) is 0 Å². The molecule has 1 aromatic heterocycles. The van der Waals surface area contributed by atoms with E-state index in [9.17, 15) is 4.79 Å². The van der Waals surface area contributed by atoms with Gasteiger partial charge in [-0.2, -0.15) is 0 Å². The van der Waals surface area contributed by atoms with Crippen molar-refractivity contribution in [3.63, 3.8) is 0 Å². The lowest BCUT2D eigenvalue weighted by Crippen LogP contribution is -2.35. The molecule has 128 valence electrons. The maximum Gasteiger partial charge on any atom is 0.322 e. The molecular weight excluding hydrogens is 300 g/mol. The molecule has 0 radical (unpaired) electrons. The van der Waals surface area contributed by atoms with E-state index in [0.717, 1.165) is 36.1 Å². The molecule has 0 spiro atoms. The molecule has 3 N–H and O–H groups in total. The number of nitrogens with two attached hydrogens (primary N) is 1. The van der Waals surface area contributed by atoms with E-state index >= 15 is 0 Å². The van der Waals surface area contributed by atoms with E-state index in [-0.39, 0.29) is 12.1 Å². The minimum absolute atomic E-state index is 0.0105. The van der Waals surface area contributed by atoms with Crippen LogP contribution >= 0.6 is 0 Å². The molecule has 0 aliphatic heterocycles. The highest BCUT2D eigenvalue weighted by molar-refractivity contribution is 5.89. The van der Waals surface area contributed by atoms with Gasteiger partial charge in [-0.25, -0.2) is 4.79 Å². The van der Waals surface area contributed by atoms with E-state index in [4.69, 9.17) is 5.73 Å². The second-order valence-electron chi connectivity index (χ2n) is 5.89. The monoisotopic (exact) mass is 326 g/mol. The summed E-state index contributed by atoms with van der Waals surface area (Å²) < 4.78 is 0. The van der Waals surface area contributed by atoms with Crippen molar-refractivity contribution in [1.82, 2.24) is 9.88 Å². The second kappa shape index (κ2) is 9.03. The first kappa shape index (κ1) is 17.9. The van der Waals surface area contributed by atoms with Crippen LogP contribution in [0.15, 0.2) is 48.8 Å². The molecular formula is C19H26N4O. The summed E-state index contributed by atoms with van der Waals surface area (Å²) in [6.45, 7) is 2.60. The van der Waals surface area contributed by atoms with Crippen molar-refractivity contribution in [1.29, 1.82) is 0 Å². The Hall–Kier alpha value is -2.40.